The maximum atomic E-state index is 11.7. The molecule has 192 valence electrons. The smallest absolute Gasteiger partial charge is 0.348 e. The molecule has 1 aromatic rings. The van der Waals surface area contributed by atoms with E-state index in [1.54, 1.807) is 0 Å². The predicted octanol–water partition coefficient (Wildman–Crippen LogP) is 7.93. The summed E-state index contributed by atoms with van der Waals surface area (Å²) in [6, 6.07) is 3.91. The SMILES string of the molecule is CCCCCCCC=C[C@@H]1[C@@H](CCCc2ccc(C(=O)OC)s2)[C@H](Cl)C[C@H]1OC1CCCCO1. The maximum absolute atomic E-state index is 11.7. The van der Waals surface area contributed by atoms with Crippen LogP contribution >= 0.6 is 22.9 Å². The minimum Gasteiger partial charge on any atom is -0.465 e. The van der Waals surface area contributed by atoms with E-state index in [9.17, 15) is 4.79 Å². The average molecular weight is 511 g/mol. The van der Waals surface area contributed by atoms with Crippen LogP contribution in [0.1, 0.15) is 98.5 Å². The van der Waals surface area contributed by atoms with Gasteiger partial charge in [-0.05, 0) is 75.8 Å². The highest BCUT2D eigenvalue weighted by Crippen LogP contribution is 2.42. The molecule has 6 heteroatoms. The minimum absolute atomic E-state index is 0.0748. The number of unbranched alkanes of at least 4 members (excludes halogenated alkanes) is 5. The topological polar surface area (TPSA) is 44.8 Å². The van der Waals surface area contributed by atoms with Gasteiger partial charge in [0.25, 0.3) is 0 Å². The van der Waals surface area contributed by atoms with Crippen LogP contribution in [0.3, 0.4) is 0 Å². The zero-order valence-electron chi connectivity index (χ0n) is 21.0. The summed E-state index contributed by atoms with van der Waals surface area (Å²) in [6.07, 6.45) is 19.8. The first-order valence-electron chi connectivity index (χ1n) is 13.4. The Kier molecular flexibility index (Phi) is 12.5. The monoisotopic (exact) mass is 510 g/mol. The molecule has 1 aliphatic heterocycles. The van der Waals surface area contributed by atoms with Gasteiger partial charge in [-0.1, -0.05) is 44.8 Å². The number of alkyl halides is 1. The van der Waals surface area contributed by atoms with E-state index in [0.29, 0.717) is 16.7 Å². The van der Waals surface area contributed by atoms with Crippen LogP contribution in [0.5, 0.6) is 0 Å². The van der Waals surface area contributed by atoms with Crippen molar-refractivity contribution >= 4 is 28.9 Å². The standard InChI is InChI=1S/C28H43ClO4S/c1-3-4-5-6-7-8-9-14-23-22(15-12-13-21-17-18-26(34-21)28(30)31-2)24(29)20-25(23)33-27-16-10-11-19-32-27/h9,14,17-18,22-25,27H,3-8,10-13,15-16,19-20H2,1-2H3/t22-,23-,24-,25-,27?/m1/s1. The average Bonchev–Trinajstić information content (AvgIpc) is 3.43. The highest BCUT2D eigenvalue weighted by molar-refractivity contribution is 7.13. The lowest BCUT2D eigenvalue weighted by molar-refractivity contribution is -0.192. The molecule has 1 aromatic heterocycles. The fraction of sp³-hybridized carbons (Fsp3) is 0.750. The van der Waals surface area contributed by atoms with Gasteiger partial charge < -0.3 is 14.2 Å². The van der Waals surface area contributed by atoms with Crippen molar-refractivity contribution in [1.82, 2.24) is 0 Å². The van der Waals surface area contributed by atoms with Gasteiger partial charge in [0.2, 0.25) is 0 Å². The third kappa shape index (κ3) is 8.65. The van der Waals surface area contributed by atoms with Crippen molar-refractivity contribution in [2.24, 2.45) is 11.8 Å². The zero-order valence-corrected chi connectivity index (χ0v) is 22.6. The largest absolute Gasteiger partial charge is 0.465 e. The van der Waals surface area contributed by atoms with E-state index in [4.69, 9.17) is 25.8 Å². The molecule has 1 saturated carbocycles. The summed E-state index contributed by atoms with van der Waals surface area (Å²) in [5.74, 6) is 0.502. The molecule has 0 bridgehead atoms. The molecule has 4 nitrogen and oxygen atoms in total. The van der Waals surface area contributed by atoms with E-state index in [0.717, 1.165) is 51.6 Å². The van der Waals surface area contributed by atoms with E-state index in [1.165, 1.54) is 61.8 Å². The fourth-order valence-corrected chi connectivity index (χ4v) is 6.66. The molecule has 0 aromatic carbocycles. The molecular weight excluding hydrogens is 468 g/mol. The van der Waals surface area contributed by atoms with Crippen LogP contribution in [0, 0.1) is 11.8 Å². The van der Waals surface area contributed by atoms with Crippen LogP contribution < -0.4 is 0 Å². The number of halogens is 1. The third-order valence-electron chi connectivity index (χ3n) is 7.15. The van der Waals surface area contributed by atoms with Crippen LogP contribution in [0.4, 0.5) is 0 Å². The first kappa shape index (κ1) is 27.7. The number of carbonyl (C=O) groups is 1. The van der Waals surface area contributed by atoms with Crippen molar-refractivity contribution in [2.75, 3.05) is 13.7 Å². The predicted molar refractivity (Wildman–Crippen MR) is 141 cm³/mol. The Morgan fingerprint density at radius 2 is 2.06 bits per heavy atom. The number of thiophene rings is 1. The van der Waals surface area contributed by atoms with Gasteiger partial charge in [0.1, 0.15) is 4.88 Å². The Morgan fingerprint density at radius 1 is 1.21 bits per heavy atom. The van der Waals surface area contributed by atoms with Crippen molar-refractivity contribution in [2.45, 2.75) is 108 Å². The Balaban J connectivity index is 1.55. The highest BCUT2D eigenvalue weighted by Gasteiger charge is 2.42. The lowest BCUT2D eigenvalue weighted by Crippen LogP contribution is -2.30. The summed E-state index contributed by atoms with van der Waals surface area (Å²) in [6.45, 7) is 3.06. The summed E-state index contributed by atoms with van der Waals surface area (Å²) in [4.78, 5) is 13.6. The van der Waals surface area contributed by atoms with E-state index in [1.807, 2.05) is 12.1 Å². The maximum Gasteiger partial charge on any atom is 0.348 e. The fourth-order valence-electron chi connectivity index (χ4n) is 5.22. The lowest BCUT2D eigenvalue weighted by Gasteiger charge is -2.29. The molecule has 1 unspecified atom stereocenters. The number of carbonyl (C=O) groups excluding carboxylic acids is 1. The number of allylic oxidation sites excluding steroid dienone is 1. The molecule has 0 spiro atoms. The molecule has 34 heavy (non-hydrogen) atoms. The molecule has 2 fully saturated rings. The van der Waals surface area contributed by atoms with Gasteiger partial charge in [0.05, 0.1) is 13.2 Å². The molecule has 0 N–H and O–H groups in total. The molecule has 3 rings (SSSR count). The van der Waals surface area contributed by atoms with E-state index in [-0.39, 0.29) is 23.7 Å². The summed E-state index contributed by atoms with van der Waals surface area (Å²) in [5, 5.41) is 0.127. The first-order valence-corrected chi connectivity index (χ1v) is 14.6. The Labute approximate surface area is 215 Å². The van der Waals surface area contributed by atoms with Crippen molar-refractivity contribution in [3.05, 3.63) is 34.0 Å². The molecule has 1 aliphatic carbocycles. The van der Waals surface area contributed by atoms with Gasteiger partial charge in [-0.15, -0.1) is 22.9 Å². The minimum atomic E-state index is -0.252. The number of methoxy groups -OCH3 is 1. The Bertz CT molecular complexity index is 743. The molecular formula is C28H43ClO4S. The number of rotatable bonds is 14. The van der Waals surface area contributed by atoms with Gasteiger partial charge in [-0.25, -0.2) is 4.79 Å². The van der Waals surface area contributed by atoms with Crippen molar-refractivity contribution in [1.29, 1.82) is 0 Å². The van der Waals surface area contributed by atoms with E-state index >= 15 is 0 Å². The number of hydrogen-bond donors (Lipinski definition) is 0. The quantitative estimate of drug-likeness (QED) is 0.110. The number of hydrogen-bond acceptors (Lipinski definition) is 5. The van der Waals surface area contributed by atoms with Crippen molar-refractivity contribution in [3.8, 4) is 0 Å². The number of ether oxygens (including phenoxy) is 3. The van der Waals surface area contributed by atoms with Gasteiger partial charge in [0, 0.05) is 22.8 Å². The summed E-state index contributed by atoms with van der Waals surface area (Å²) < 4.78 is 17.2. The molecule has 1 saturated heterocycles. The summed E-state index contributed by atoms with van der Waals surface area (Å²) in [7, 11) is 1.43. The second kappa shape index (κ2) is 15.3. The molecule has 2 aliphatic rings. The number of esters is 1. The molecule has 2 heterocycles. The van der Waals surface area contributed by atoms with Gasteiger partial charge in [0.15, 0.2) is 6.29 Å². The molecule has 0 amide bonds. The number of aryl methyl sites for hydroxylation is 1. The first-order chi connectivity index (χ1) is 16.6. The van der Waals surface area contributed by atoms with Gasteiger partial charge in [-0.2, -0.15) is 0 Å². The molecule has 0 radical (unpaired) electrons. The van der Waals surface area contributed by atoms with E-state index in [2.05, 4.69) is 19.1 Å². The molecule has 5 atom stereocenters. The van der Waals surface area contributed by atoms with Crippen LogP contribution in [0.15, 0.2) is 24.3 Å². The second-order valence-electron chi connectivity index (χ2n) is 9.74. The Morgan fingerprint density at radius 3 is 2.82 bits per heavy atom. The highest BCUT2D eigenvalue weighted by atomic mass is 35.5. The second-order valence-corrected chi connectivity index (χ2v) is 11.5. The van der Waals surface area contributed by atoms with Crippen LogP contribution in [0.2, 0.25) is 0 Å². The summed E-state index contributed by atoms with van der Waals surface area (Å²) >= 11 is 8.45. The lowest BCUT2D eigenvalue weighted by atomic mass is 9.89. The zero-order chi connectivity index (χ0) is 24.2. The van der Waals surface area contributed by atoms with Crippen LogP contribution in [0.25, 0.3) is 0 Å². The van der Waals surface area contributed by atoms with E-state index < -0.39 is 0 Å². The van der Waals surface area contributed by atoms with Crippen LogP contribution in [-0.2, 0) is 20.6 Å². The Hall–Kier alpha value is -0.880. The van der Waals surface area contributed by atoms with Gasteiger partial charge >= 0.3 is 5.97 Å². The van der Waals surface area contributed by atoms with Crippen molar-refractivity contribution in [3.63, 3.8) is 0 Å². The van der Waals surface area contributed by atoms with Crippen molar-refractivity contribution < 1.29 is 19.0 Å². The van der Waals surface area contributed by atoms with Crippen LogP contribution in [-0.4, -0.2) is 37.5 Å². The normalized spacial score (nSPS) is 27.4. The third-order valence-corrected chi connectivity index (χ3v) is 8.78. The van der Waals surface area contributed by atoms with Gasteiger partial charge in [-0.3, -0.25) is 0 Å². The summed E-state index contributed by atoms with van der Waals surface area (Å²) in [5.41, 5.74) is 0.